The van der Waals surface area contributed by atoms with Gasteiger partial charge in [-0.25, -0.2) is 4.79 Å². The molecule has 7 nitrogen and oxygen atoms in total. The van der Waals surface area contributed by atoms with Crippen LogP contribution in [0.15, 0.2) is 0 Å². The van der Waals surface area contributed by atoms with Crippen molar-refractivity contribution in [2.75, 3.05) is 6.61 Å². The normalized spacial score (nSPS) is 11.8. The minimum atomic E-state index is -1.38. The Balaban J connectivity index is 4.18. The topological polar surface area (TPSA) is 130 Å². The highest BCUT2D eigenvalue weighted by Crippen LogP contribution is 1.91. The van der Waals surface area contributed by atoms with Crippen molar-refractivity contribution in [1.82, 2.24) is 5.32 Å². The Morgan fingerprint density at radius 1 is 1.38 bits per heavy atom. The van der Waals surface area contributed by atoms with Crippen molar-refractivity contribution >= 4 is 17.8 Å². The first kappa shape index (κ1) is 11.4. The van der Waals surface area contributed by atoms with Gasteiger partial charge in [-0.2, -0.15) is 0 Å². The molecule has 0 rings (SSSR count). The van der Waals surface area contributed by atoms with E-state index in [2.05, 4.69) is 0 Å². The molecule has 2 amide bonds. The molecule has 0 heterocycles. The predicted octanol–water partition coefficient (Wildman–Crippen LogP) is -2.58. The molecule has 0 fully saturated rings. The number of aliphatic carboxylic acids is 1. The van der Waals surface area contributed by atoms with Crippen molar-refractivity contribution in [2.45, 2.75) is 12.5 Å². The van der Waals surface area contributed by atoms with Gasteiger partial charge in [-0.05, 0) is 0 Å². The fourth-order valence-corrected chi connectivity index (χ4v) is 0.641. The number of nitrogens with two attached hydrogens (primary N) is 1. The van der Waals surface area contributed by atoms with E-state index in [0.717, 1.165) is 0 Å². The van der Waals surface area contributed by atoms with Gasteiger partial charge in [-0.15, -0.1) is 0 Å². The lowest BCUT2D eigenvalue weighted by molar-refractivity contribution is -0.143. The number of hydrogen-bond donors (Lipinski definition) is 4. The van der Waals surface area contributed by atoms with Gasteiger partial charge in [-0.3, -0.25) is 9.59 Å². The maximum atomic E-state index is 10.5. The molecular formula is C6H10N2O5. The van der Waals surface area contributed by atoms with Gasteiger partial charge >= 0.3 is 5.97 Å². The SMILES string of the molecule is NC(=O)C[C@H](NC(=O)CO)C(=O)O. The van der Waals surface area contributed by atoms with Crippen LogP contribution < -0.4 is 11.1 Å². The van der Waals surface area contributed by atoms with Gasteiger partial charge in [0.1, 0.15) is 12.6 Å². The summed E-state index contributed by atoms with van der Waals surface area (Å²) < 4.78 is 0. The third kappa shape index (κ3) is 4.75. The minimum Gasteiger partial charge on any atom is -0.480 e. The Hall–Kier alpha value is -1.63. The van der Waals surface area contributed by atoms with E-state index in [-0.39, 0.29) is 0 Å². The van der Waals surface area contributed by atoms with Gasteiger partial charge in [0.2, 0.25) is 11.8 Å². The van der Waals surface area contributed by atoms with Gasteiger partial charge in [0.25, 0.3) is 0 Å². The van der Waals surface area contributed by atoms with Crippen LogP contribution in [0.2, 0.25) is 0 Å². The number of carboxylic acids is 1. The van der Waals surface area contributed by atoms with Crippen LogP contribution in [0.3, 0.4) is 0 Å². The lowest BCUT2D eigenvalue weighted by atomic mass is 10.2. The summed E-state index contributed by atoms with van der Waals surface area (Å²) in [6, 6.07) is -1.38. The summed E-state index contributed by atoms with van der Waals surface area (Å²) in [6.45, 7) is -0.831. The second kappa shape index (κ2) is 5.09. The van der Waals surface area contributed by atoms with Crippen LogP contribution in [0.5, 0.6) is 0 Å². The molecule has 0 aliphatic carbocycles. The average Bonchev–Trinajstić information content (AvgIpc) is 2.02. The molecule has 74 valence electrons. The molecule has 0 aromatic rings. The molecule has 1 atom stereocenters. The molecule has 0 spiro atoms. The molecule has 0 aliphatic rings. The number of aliphatic hydroxyl groups excluding tert-OH is 1. The highest BCUT2D eigenvalue weighted by molar-refractivity contribution is 5.88. The number of hydrogen-bond acceptors (Lipinski definition) is 4. The molecule has 0 saturated carbocycles. The summed E-state index contributed by atoms with van der Waals surface area (Å²) in [5, 5.41) is 18.6. The quantitative estimate of drug-likeness (QED) is 0.378. The third-order valence-corrected chi connectivity index (χ3v) is 1.18. The van der Waals surface area contributed by atoms with Gasteiger partial charge in [0.05, 0.1) is 6.42 Å². The van der Waals surface area contributed by atoms with Crippen molar-refractivity contribution in [2.24, 2.45) is 5.73 Å². The lowest BCUT2D eigenvalue weighted by Gasteiger charge is -2.10. The predicted molar refractivity (Wildman–Crippen MR) is 40.5 cm³/mol. The summed E-state index contributed by atoms with van der Waals surface area (Å²) in [5.41, 5.74) is 4.73. The molecule has 0 unspecified atom stereocenters. The number of rotatable bonds is 5. The van der Waals surface area contributed by atoms with E-state index < -0.39 is 36.9 Å². The van der Waals surface area contributed by atoms with E-state index >= 15 is 0 Å². The highest BCUT2D eigenvalue weighted by Gasteiger charge is 2.21. The Morgan fingerprint density at radius 3 is 2.23 bits per heavy atom. The monoisotopic (exact) mass is 190 g/mol. The first-order valence-corrected chi connectivity index (χ1v) is 3.38. The highest BCUT2D eigenvalue weighted by atomic mass is 16.4. The van der Waals surface area contributed by atoms with E-state index in [1.807, 2.05) is 5.32 Å². The maximum Gasteiger partial charge on any atom is 0.326 e. The first-order chi connectivity index (χ1) is 5.97. The Bertz CT molecular complexity index is 227. The number of aliphatic hydroxyl groups is 1. The van der Waals surface area contributed by atoms with E-state index in [1.54, 1.807) is 0 Å². The molecule has 0 aliphatic heterocycles. The molecule has 13 heavy (non-hydrogen) atoms. The van der Waals surface area contributed by atoms with Gasteiger partial charge in [-0.1, -0.05) is 0 Å². The Morgan fingerprint density at radius 2 is 1.92 bits per heavy atom. The number of amides is 2. The van der Waals surface area contributed by atoms with Crippen LogP contribution in [-0.2, 0) is 14.4 Å². The molecule has 0 saturated heterocycles. The second-order valence-corrected chi connectivity index (χ2v) is 2.29. The smallest absolute Gasteiger partial charge is 0.326 e. The van der Waals surface area contributed by atoms with Gasteiger partial charge in [0, 0.05) is 0 Å². The van der Waals surface area contributed by atoms with Crippen molar-refractivity contribution in [3.8, 4) is 0 Å². The molecule has 0 aromatic carbocycles. The third-order valence-electron chi connectivity index (χ3n) is 1.18. The zero-order chi connectivity index (χ0) is 10.4. The summed E-state index contributed by atoms with van der Waals surface area (Å²) in [6.07, 6.45) is -0.499. The molecule has 0 aromatic heterocycles. The van der Waals surface area contributed by atoms with E-state index in [9.17, 15) is 14.4 Å². The van der Waals surface area contributed by atoms with Crippen LogP contribution in [0.4, 0.5) is 0 Å². The number of carbonyl (C=O) groups excluding carboxylic acids is 2. The summed E-state index contributed by atoms with van der Waals surface area (Å²) in [5.74, 6) is -3.08. The van der Waals surface area contributed by atoms with Crippen molar-refractivity contribution < 1.29 is 24.6 Å². The fourth-order valence-electron chi connectivity index (χ4n) is 0.641. The average molecular weight is 190 g/mol. The molecule has 5 N–H and O–H groups in total. The van der Waals surface area contributed by atoms with Gasteiger partial charge < -0.3 is 21.3 Å². The van der Waals surface area contributed by atoms with Gasteiger partial charge in [0.15, 0.2) is 0 Å². The first-order valence-electron chi connectivity index (χ1n) is 3.38. The largest absolute Gasteiger partial charge is 0.480 e. The van der Waals surface area contributed by atoms with Crippen LogP contribution in [0.1, 0.15) is 6.42 Å². The minimum absolute atomic E-state index is 0.499. The number of primary amides is 1. The standard InChI is InChI=1S/C6H10N2O5/c7-4(10)1-3(6(12)13)8-5(11)2-9/h3,9H,1-2H2,(H2,7,10)(H,8,11)(H,12,13)/t3-/m0/s1. The van der Waals surface area contributed by atoms with Crippen molar-refractivity contribution in [3.05, 3.63) is 0 Å². The Labute approximate surface area is 73.5 Å². The van der Waals surface area contributed by atoms with E-state index in [1.165, 1.54) is 0 Å². The second-order valence-electron chi connectivity index (χ2n) is 2.29. The number of carboxylic acid groups (broad SMARTS) is 1. The number of nitrogens with one attached hydrogen (secondary N) is 1. The molecular weight excluding hydrogens is 180 g/mol. The van der Waals surface area contributed by atoms with E-state index in [0.29, 0.717) is 0 Å². The zero-order valence-corrected chi connectivity index (χ0v) is 6.69. The lowest BCUT2D eigenvalue weighted by Crippen LogP contribution is -2.44. The number of carbonyl (C=O) groups is 3. The summed E-state index contributed by atoms with van der Waals surface area (Å²) in [4.78, 5) is 31.2. The van der Waals surface area contributed by atoms with Crippen LogP contribution >= 0.6 is 0 Å². The van der Waals surface area contributed by atoms with Crippen molar-refractivity contribution in [1.29, 1.82) is 0 Å². The fraction of sp³-hybridized carbons (Fsp3) is 0.500. The van der Waals surface area contributed by atoms with Crippen LogP contribution in [0.25, 0.3) is 0 Å². The molecule has 0 bridgehead atoms. The van der Waals surface area contributed by atoms with Crippen LogP contribution in [-0.4, -0.2) is 40.6 Å². The summed E-state index contributed by atoms with van der Waals surface area (Å²) >= 11 is 0. The molecule has 7 heteroatoms. The van der Waals surface area contributed by atoms with Crippen molar-refractivity contribution in [3.63, 3.8) is 0 Å². The van der Waals surface area contributed by atoms with E-state index in [4.69, 9.17) is 15.9 Å². The molecule has 0 radical (unpaired) electrons. The summed E-state index contributed by atoms with van der Waals surface area (Å²) in [7, 11) is 0. The van der Waals surface area contributed by atoms with Crippen LogP contribution in [0, 0.1) is 0 Å². The maximum absolute atomic E-state index is 10.5. The Kier molecular flexibility index (Phi) is 4.45. The zero-order valence-electron chi connectivity index (χ0n) is 6.69.